The van der Waals surface area contributed by atoms with Crippen molar-refractivity contribution in [2.24, 2.45) is 0 Å². The van der Waals surface area contributed by atoms with Gasteiger partial charge >= 0.3 is 0 Å². The number of fused-ring (bicyclic) bond motifs is 1. The second kappa shape index (κ2) is 9.46. The van der Waals surface area contributed by atoms with Crippen molar-refractivity contribution in [2.45, 2.75) is 39.5 Å². The van der Waals surface area contributed by atoms with Gasteiger partial charge in [0.15, 0.2) is 0 Å². The molecule has 0 aliphatic rings. The Morgan fingerprint density at radius 1 is 1.11 bits per heavy atom. The molecule has 3 rings (SSSR count). The average molecular weight is 383 g/mol. The number of nitrogens with one attached hydrogen (secondary N) is 2. The van der Waals surface area contributed by atoms with Crippen LogP contribution in [0.4, 0.5) is 5.82 Å². The van der Waals surface area contributed by atoms with Gasteiger partial charge in [0.25, 0.3) is 0 Å². The number of nitrogens with zero attached hydrogens (tertiary/aromatic N) is 2. The first-order valence-electron chi connectivity index (χ1n) is 9.50. The smallest absolute Gasteiger partial charge is 0.221 e. The van der Waals surface area contributed by atoms with Gasteiger partial charge in [-0.1, -0.05) is 50.1 Å². The minimum Gasteiger partial charge on any atom is -0.369 e. The van der Waals surface area contributed by atoms with Crippen molar-refractivity contribution in [1.82, 2.24) is 15.3 Å². The SMILES string of the molecule is CCCCCNC(=O)CCNc1ncnc2sc(C)c(-c3ccccc3)c12. The minimum atomic E-state index is 0.0775. The molecule has 0 saturated heterocycles. The number of hydrogen-bond donors (Lipinski definition) is 2. The van der Waals surface area contributed by atoms with Gasteiger partial charge in [-0.05, 0) is 18.9 Å². The number of benzene rings is 1. The van der Waals surface area contributed by atoms with Crippen LogP contribution in [0.5, 0.6) is 0 Å². The van der Waals surface area contributed by atoms with E-state index in [-0.39, 0.29) is 5.91 Å². The zero-order valence-electron chi connectivity index (χ0n) is 15.9. The van der Waals surface area contributed by atoms with Crippen LogP contribution in [0, 0.1) is 6.92 Å². The van der Waals surface area contributed by atoms with Crippen molar-refractivity contribution in [1.29, 1.82) is 0 Å². The summed E-state index contributed by atoms with van der Waals surface area (Å²) in [4.78, 5) is 23.0. The summed E-state index contributed by atoms with van der Waals surface area (Å²) in [7, 11) is 0. The first-order chi connectivity index (χ1) is 13.2. The van der Waals surface area contributed by atoms with E-state index in [9.17, 15) is 4.79 Å². The number of unbranched alkanes of at least 4 members (excludes halogenated alkanes) is 2. The van der Waals surface area contributed by atoms with Gasteiger partial charge in [0.05, 0.1) is 5.39 Å². The lowest BCUT2D eigenvalue weighted by Crippen LogP contribution is -2.26. The summed E-state index contributed by atoms with van der Waals surface area (Å²) in [6.07, 6.45) is 5.36. The maximum absolute atomic E-state index is 12.0. The molecule has 2 N–H and O–H groups in total. The molecule has 6 heteroatoms. The molecule has 0 aliphatic heterocycles. The number of rotatable bonds is 9. The molecule has 0 aliphatic carbocycles. The highest BCUT2D eigenvalue weighted by Crippen LogP contribution is 2.40. The van der Waals surface area contributed by atoms with Gasteiger partial charge in [-0.3, -0.25) is 4.79 Å². The average Bonchev–Trinajstić information content (AvgIpc) is 3.02. The highest BCUT2D eigenvalue weighted by atomic mass is 32.1. The van der Waals surface area contributed by atoms with Gasteiger partial charge in [0.2, 0.25) is 5.91 Å². The van der Waals surface area contributed by atoms with Gasteiger partial charge in [-0.25, -0.2) is 9.97 Å². The Balaban J connectivity index is 1.71. The van der Waals surface area contributed by atoms with E-state index in [0.717, 1.165) is 47.4 Å². The van der Waals surface area contributed by atoms with Gasteiger partial charge in [-0.2, -0.15) is 0 Å². The van der Waals surface area contributed by atoms with Crippen LogP contribution >= 0.6 is 11.3 Å². The van der Waals surface area contributed by atoms with Crippen LogP contribution in [0.3, 0.4) is 0 Å². The molecular weight excluding hydrogens is 356 g/mol. The van der Waals surface area contributed by atoms with Crippen LogP contribution in [0.25, 0.3) is 21.3 Å². The van der Waals surface area contributed by atoms with Crippen LogP contribution in [-0.2, 0) is 4.79 Å². The number of carbonyl (C=O) groups is 1. The predicted molar refractivity (Wildman–Crippen MR) is 113 cm³/mol. The van der Waals surface area contributed by atoms with Crippen LogP contribution in [-0.4, -0.2) is 29.0 Å². The molecule has 142 valence electrons. The summed E-state index contributed by atoms with van der Waals surface area (Å²) >= 11 is 1.67. The highest BCUT2D eigenvalue weighted by molar-refractivity contribution is 7.19. The maximum atomic E-state index is 12.0. The van der Waals surface area contributed by atoms with Gasteiger partial charge in [-0.15, -0.1) is 11.3 Å². The number of aromatic nitrogens is 2. The van der Waals surface area contributed by atoms with E-state index in [1.807, 2.05) is 18.2 Å². The number of carbonyl (C=O) groups excluding carboxylic acids is 1. The first kappa shape index (κ1) is 19.3. The summed E-state index contributed by atoms with van der Waals surface area (Å²) in [5.41, 5.74) is 2.33. The Hall–Kier alpha value is -2.47. The van der Waals surface area contributed by atoms with Crippen LogP contribution in [0.1, 0.15) is 37.5 Å². The Bertz CT molecular complexity index is 892. The fourth-order valence-electron chi connectivity index (χ4n) is 3.12. The molecular formula is C21H26N4OS. The van der Waals surface area contributed by atoms with Crippen molar-refractivity contribution < 1.29 is 4.79 Å². The minimum absolute atomic E-state index is 0.0775. The molecule has 0 fully saturated rings. The molecule has 2 aromatic heterocycles. The van der Waals surface area contributed by atoms with Crippen molar-refractivity contribution in [3.63, 3.8) is 0 Å². The summed E-state index contributed by atoms with van der Waals surface area (Å²) < 4.78 is 0. The molecule has 5 nitrogen and oxygen atoms in total. The van der Waals surface area contributed by atoms with Crippen molar-refractivity contribution >= 4 is 33.3 Å². The largest absolute Gasteiger partial charge is 0.369 e. The second-order valence-electron chi connectivity index (χ2n) is 6.54. The van der Waals surface area contributed by atoms with E-state index < -0.39 is 0 Å². The third-order valence-electron chi connectivity index (χ3n) is 4.47. The standard InChI is InChI=1S/C21H26N4OS/c1-3-4-8-12-22-17(26)11-13-23-20-19-18(16-9-6-5-7-10-16)15(2)27-21(19)25-14-24-20/h5-7,9-10,14H,3-4,8,11-13H2,1-2H3,(H,22,26)(H,23,24,25). The fraction of sp³-hybridized carbons (Fsp3) is 0.381. The molecule has 27 heavy (non-hydrogen) atoms. The van der Waals surface area contributed by atoms with Crippen LogP contribution in [0.2, 0.25) is 0 Å². The predicted octanol–water partition coefficient (Wildman–Crippen LogP) is 4.78. The monoisotopic (exact) mass is 382 g/mol. The summed E-state index contributed by atoms with van der Waals surface area (Å²) in [5, 5.41) is 7.35. The van der Waals surface area contributed by atoms with Crippen LogP contribution in [0.15, 0.2) is 36.7 Å². The van der Waals surface area contributed by atoms with Crippen molar-refractivity contribution in [3.8, 4) is 11.1 Å². The van der Waals surface area contributed by atoms with Crippen molar-refractivity contribution in [3.05, 3.63) is 41.5 Å². The molecule has 1 aromatic carbocycles. The topological polar surface area (TPSA) is 66.9 Å². The molecule has 0 bridgehead atoms. The van der Waals surface area contributed by atoms with E-state index in [2.05, 4.69) is 46.6 Å². The zero-order valence-corrected chi connectivity index (χ0v) is 16.7. The van der Waals surface area contributed by atoms with E-state index in [0.29, 0.717) is 13.0 Å². The quantitative estimate of drug-likeness (QED) is 0.523. The number of aryl methyl sites for hydroxylation is 1. The Morgan fingerprint density at radius 2 is 1.93 bits per heavy atom. The molecule has 1 amide bonds. The zero-order chi connectivity index (χ0) is 19.1. The number of anilines is 1. The Kier molecular flexibility index (Phi) is 6.76. The normalized spacial score (nSPS) is 10.9. The second-order valence-corrected chi connectivity index (χ2v) is 7.74. The molecule has 0 saturated carbocycles. The highest BCUT2D eigenvalue weighted by Gasteiger charge is 2.16. The molecule has 3 aromatic rings. The van der Waals surface area contributed by atoms with E-state index in [1.165, 1.54) is 10.4 Å². The summed E-state index contributed by atoms with van der Waals surface area (Å²) in [6.45, 7) is 5.58. The van der Waals surface area contributed by atoms with Crippen molar-refractivity contribution in [2.75, 3.05) is 18.4 Å². The van der Waals surface area contributed by atoms with Gasteiger partial charge in [0.1, 0.15) is 17.0 Å². The number of amides is 1. The Labute approximate surface area is 164 Å². The van der Waals surface area contributed by atoms with Gasteiger partial charge < -0.3 is 10.6 Å². The molecule has 2 heterocycles. The lowest BCUT2D eigenvalue weighted by Gasteiger charge is -2.09. The molecule has 0 radical (unpaired) electrons. The fourth-order valence-corrected chi connectivity index (χ4v) is 4.13. The molecule has 0 spiro atoms. The van der Waals surface area contributed by atoms with Gasteiger partial charge in [0, 0.05) is 30.0 Å². The maximum Gasteiger partial charge on any atom is 0.221 e. The lowest BCUT2D eigenvalue weighted by atomic mass is 10.0. The van der Waals surface area contributed by atoms with Crippen LogP contribution < -0.4 is 10.6 Å². The summed E-state index contributed by atoms with van der Waals surface area (Å²) in [6, 6.07) is 10.3. The third-order valence-corrected chi connectivity index (χ3v) is 5.49. The third kappa shape index (κ3) is 4.83. The number of hydrogen-bond acceptors (Lipinski definition) is 5. The summed E-state index contributed by atoms with van der Waals surface area (Å²) in [5.74, 6) is 0.871. The number of thiophene rings is 1. The molecule has 0 unspecified atom stereocenters. The van der Waals surface area contributed by atoms with E-state index >= 15 is 0 Å². The first-order valence-corrected chi connectivity index (χ1v) is 10.3. The molecule has 0 atom stereocenters. The Morgan fingerprint density at radius 3 is 2.70 bits per heavy atom. The lowest BCUT2D eigenvalue weighted by molar-refractivity contribution is -0.120. The van der Waals surface area contributed by atoms with E-state index in [4.69, 9.17) is 0 Å². The van der Waals surface area contributed by atoms with E-state index in [1.54, 1.807) is 17.7 Å².